The molecule has 0 spiro atoms. The van der Waals surface area contributed by atoms with E-state index in [9.17, 15) is 9.59 Å². The van der Waals surface area contributed by atoms with E-state index < -0.39 is 18.0 Å². The molecule has 0 aromatic carbocycles. The van der Waals surface area contributed by atoms with Gasteiger partial charge in [0.1, 0.15) is 6.04 Å². The Labute approximate surface area is 109 Å². The highest BCUT2D eigenvalue weighted by Crippen LogP contribution is 2.07. The Morgan fingerprint density at radius 1 is 1.33 bits per heavy atom. The average molecular weight is 259 g/mol. The summed E-state index contributed by atoms with van der Waals surface area (Å²) in [6.07, 6.45) is 1.14. The van der Waals surface area contributed by atoms with Crippen LogP contribution in [0.25, 0.3) is 0 Å². The molecule has 0 heterocycles. The highest BCUT2D eigenvalue weighted by Gasteiger charge is 2.23. The fourth-order valence-corrected chi connectivity index (χ4v) is 1.21. The number of nitrogens with zero attached hydrogens (tertiary/aromatic N) is 1. The van der Waals surface area contributed by atoms with Crippen LogP contribution in [-0.4, -0.2) is 54.2 Å². The predicted molar refractivity (Wildman–Crippen MR) is 70.6 cm³/mol. The molecule has 0 aliphatic rings. The van der Waals surface area contributed by atoms with E-state index in [1.807, 2.05) is 39.8 Å². The second-order valence-electron chi connectivity index (χ2n) is 5.21. The zero-order valence-corrected chi connectivity index (χ0v) is 11.9. The molecule has 3 N–H and O–H groups in total. The van der Waals surface area contributed by atoms with Gasteiger partial charge in [-0.25, -0.2) is 9.59 Å². The summed E-state index contributed by atoms with van der Waals surface area (Å²) in [7, 11) is 3.85. The Bertz CT molecular complexity index is 290. The van der Waals surface area contributed by atoms with Gasteiger partial charge < -0.3 is 20.6 Å². The quantitative estimate of drug-likeness (QED) is 0.634. The summed E-state index contributed by atoms with van der Waals surface area (Å²) in [5.41, 5.74) is -0.180. The second kappa shape index (κ2) is 7.20. The van der Waals surface area contributed by atoms with E-state index in [0.29, 0.717) is 19.4 Å². The Morgan fingerprint density at radius 2 is 1.89 bits per heavy atom. The normalized spacial score (nSPS) is 13.2. The maximum atomic E-state index is 11.6. The number of carboxylic acids is 1. The molecule has 0 aliphatic carbocycles. The molecule has 0 aliphatic heterocycles. The minimum absolute atomic E-state index is 0.180. The number of amides is 2. The van der Waals surface area contributed by atoms with E-state index >= 15 is 0 Å². The molecule has 6 nitrogen and oxygen atoms in total. The van der Waals surface area contributed by atoms with Crippen LogP contribution in [0.1, 0.15) is 33.6 Å². The lowest BCUT2D eigenvalue weighted by molar-refractivity contribution is -0.139. The van der Waals surface area contributed by atoms with Gasteiger partial charge in [-0.3, -0.25) is 0 Å². The van der Waals surface area contributed by atoms with Gasteiger partial charge in [-0.1, -0.05) is 13.3 Å². The summed E-state index contributed by atoms with van der Waals surface area (Å²) in [4.78, 5) is 24.5. The molecule has 18 heavy (non-hydrogen) atoms. The van der Waals surface area contributed by atoms with Crippen LogP contribution in [0.4, 0.5) is 4.79 Å². The van der Waals surface area contributed by atoms with Gasteiger partial charge in [0.15, 0.2) is 0 Å². The minimum Gasteiger partial charge on any atom is -0.480 e. The Kier molecular flexibility index (Phi) is 6.68. The van der Waals surface area contributed by atoms with E-state index in [1.165, 1.54) is 0 Å². The molecule has 0 rings (SSSR count). The van der Waals surface area contributed by atoms with Crippen LogP contribution in [0, 0.1) is 0 Å². The number of nitrogens with one attached hydrogen (secondary N) is 2. The van der Waals surface area contributed by atoms with Crippen molar-refractivity contribution in [1.82, 2.24) is 15.5 Å². The summed E-state index contributed by atoms with van der Waals surface area (Å²) >= 11 is 0. The lowest BCUT2D eigenvalue weighted by atomic mass is 10.0. The third kappa shape index (κ3) is 5.86. The lowest BCUT2D eigenvalue weighted by Crippen LogP contribution is -2.52. The van der Waals surface area contributed by atoms with E-state index in [1.54, 1.807) is 0 Å². The molecule has 106 valence electrons. The Morgan fingerprint density at radius 3 is 2.28 bits per heavy atom. The molecule has 0 aromatic rings. The summed E-state index contributed by atoms with van der Waals surface area (Å²) in [6.45, 7) is 6.32. The molecule has 0 bridgehead atoms. The first-order chi connectivity index (χ1) is 8.20. The average Bonchev–Trinajstić information content (AvgIpc) is 2.25. The molecule has 0 unspecified atom stereocenters. The van der Waals surface area contributed by atoms with Crippen LogP contribution in [0.2, 0.25) is 0 Å². The van der Waals surface area contributed by atoms with Gasteiger partial charge in [-0.05, 0) is 34.4 Å². The van der Waals surface area contributed by atoms with E-state index in [2.05, 4.69) is 10.6 Å². The van der Waals surface area contributed by atoms with Crippen molar-refractivity contribution in [1.29, 1.82) is 0 Å². The number of rotatable bonds is 7. The molecule has 0 saturated heterocycles. The van der Waals surface area contributed by atoms with Crippen molar-refractivity contribution in [3.8, 4) is 0 Å². The van der Waals surface area contributed by atoms with E-state index in [4.69, 9.17) is 5.11 Å². The van der Waals surface area contributed by atoms with Gasteiger partial charge >= 0.3 is 12.0 Å². The van der Waals surface area contributed by atoms with Crippen LogP contribution >= 0.6 is 0 Å². The third-order valence-corrected chi connectivity index (χ3v) is 3.07. The molecule has 2 amide bonds. The largest absolute Gasteiger partial charge is 0.480 e. The first-order valence-corrected chi connectivity index (χ1v) is 6.15. The highest BCUT2D eigenvalue weighted by molar-refractivity contribution is 5.82. The molecule has 0 radical (unpaired) electrons. The molecule has 6 heteroatoms. The Balaban J connectivity index is 4.22. The fourth-order valence-electron chi connectivity index (χ4n) is 1.21. The topological polar surface area (TPSA) is 81.7 Å². The zero-order valence-electron chi connectivity index (χ0n) is 11.9. The van der Waals surface area contributed by atoms with Crippen molar-refractivity contribution in [3.63, 3.8) is 0 Å². The lowest BCUT2D eigenvalue weighted by Gasteiger charge is -2.32. The number of carbonyl (C=O) groups is 2. The number of aliphatic carboxylic acids is 1. The third-order valence-electron chi connectivity index (χ3n) is 3.07. The number of urea groups is 1. The van der Waals surface area contributed by atoms with Crippen LogP contribution in [0.3, 0.4) is 0 Å². The summed E-state index contributed by atoms with van der Waals surface area (Å²) in [5.74, 6) is -1.00. The molecule has 0 saturated carbocycles. The summed E-state index contributed by atoms with van der Waals surface area (Å²) in [5, 5.41) is 14.1. The summed E-state index contributed by atoms with van der Waals surface area (Å²) < 4.78 is 0. The Hall–Kier alpha value is -1.30. The SMILES string of the molecule is CCC[C@@H](NC(=O)NCC(C)(C)N(C)C)C(=O)O. The summed E-state index contributed by atoms with van der Waals surface area (Å²) in [6, 6.07) is -1.26. The maximum Gasteiger partial charge on any atom is 0.326 e. The van der Waals surface area contributed by atoms with E-state index in [0.717, 1.165) is 0 Å². The molecular weight excluding hydrogens is 234 g/mol. The smallest absolute Gasteiger partial charge is 0.326 e. The molecule has 0 fully saturated rings. The van der Waals surface area contributed by atoms with Crippen molar-refractivity contribution < 1.29 is 14.7 Å². The maximum absolute atomic E-state index is 11.6. The van der Waals surface area contributed by atoms with Gasteiger partial charge in [0.2, 0.25) is 0 Å². The monoisotopic (exact) mass is 259 g/mol. The van der Waals surface area contributed by atoms with Crippen molar-refractivity contribution in [2.75, 3.05) is 20.6 Å². The van der Waals surface area contributed by atoms with Crippen molar-refractivity contribution in [2.45, 2.75) is 45.2 Å². The van der Waals surface area contributed by atoms with Crippen LogP contribution in [0.15, 0.2) is 0 Å². The van der Waals surface area contributed by atoms with Gasteiger partial charge in [0.05, 0.1) is 0 Å². The first kappa shape index (κ1) is 16.7. The van der Waals surface area contributed by atoms with Gasteiger partial charge in [-0.15, -0.1) is 0 Å². The van der Waals surface area contributed by atoms with Crippen LogP contribution < -0.4 is 10.6 Å². The number of carbonyl (C=O) groups excluding carboxylic acids is 1. The van der Waals surface area contributed by atoms with Gasteiger partial charge in [0.25, 0.3) is 0 Å². The minimum atomic E-state index is -1.00. The standard InChI is InChI=1S/C12H25N3O3/c1-6-7-9(10(16)17)14-11(18)13-8-12(2,3)15(4)5/h9H,6-8H2,1-5H3,(H,16,17)(H2,13,14,18)/t9-/m1/s1. The van der Waals surface area contributed by atoms with Gasteiger partial charge in [0, 0.05) is 12.1 Å². The zero-order chi connectivity index (χ0) is 14.3. The van der Waals surface area contributed by atoms with Gasteiger partial charge in [-0.2, -0.15) is 0 Å². The van der Waals surface area contributed by atoms with Crippen molar-refractivity contribution in [3.05, 3.63) is 0 Å². The predicted octanol–water partition coefficient (Wildman–Crippen LogP) is 0.879. The van der Waals surface area contributed by atoms with E-state index in [-0.39, 0.29) is 5.54 Å². The second-order valence-corrected chi connectivity index (χ2v) is 5.21. The number of hydrogen-bond donors (Lipinski definition) is 3. The van der Waals surface area contributed by atoms with Crippen molar-refractivity contribution in [2.24, 2.45) is 0 Å². The molecular formula is C12H25N3O3. The molecule has 0 aromatic heterocycles. The number of carboxylic acid groups (broad SMARTS) is 1. The van der Waals surface area contributed by atoms with Crippen LogP contribution in [-0.2, 0) is 4.79 Å². The number of likely N-dealkylation sites (N-methyl/N-ethyl adjacent to an activating group) is 1. The first-order valence-electron chi connectivity index (χ1n) is 6.15. The molecule has 1 atom stereocenters. The number of hydrogen-bond acceptors (Lipinski definition) is 3. The van der Waals surface area contributed by atoms with Crippen LogP contribution in [0.5, 0.6) is 0 Å². The van der Waals surface area contributed by atoms with Crippen molar-refractivity contribution >= 4 is 12.0 Å². The highest BCUT2D eigenvalue weighted by atomic mass is 16.4. The fraction of sp³-hybridized carbons (Fsp3) is 0.833.